The van der Waals surface area contributed by atoms with Gasteiger partial charge in [-0.05, 0) is 24.1 Å². The number of likely N-dealkylation sites (N-methyl/N-ethyl adjacent to an activating group) is 1. The molecule has 0 N–H and O–H groups in total. The molecule has 0 radical (unpaired) electrons. The molecular weight excluding hydrogens is 194 g/mol. The predicted molar refractivity (Wildman–Crippen MR) is 74.0 cm³/mol. The fourth-order valence-corrected chi connectivity index (χ4v) is 1.17. The summed E-state index contributed by atoms with van der Waals surface area (Å²) in [5.74, 6) is 0. The Kier molecular flexibility index (Phi) is 6.69. The molecule has 0 spiro atoms. The van der Waals surface area contributed by atoms with Crippen molar-refractivity contribution in [2.24, 2.45) is 0 Å². The van der Waals surface area contributed by atoms with Crippen LogP contribution < -0.4 is 0 Å². The minimum absolute atomic E-state index is 0.859. The van der Waals surface area contributed by atoms with Gasteiger partial charge < -0.3 is 4.90 Å². The van der Waals surface area contributed by atoms with E-state index in [9.17, 15) is 0 Å². The maximum atomic E-state index is 4.01. The molecule has 0 amide bonds. The number of hydrogen-bond acceptors (Lipinski definition) is 1. The normalized spacial score (nSPS) is 11.2. The van der Waals surface area contributed by atoms with E-state index in [1.54, 1.807) is 12.2 Å². The lowest BCUT2D eigenvalue weighted by atomic mass is 10.1. The molecule has 0 unspecified atom stereocenters. The van der Waals surface area contributed by atoms with Crippen molar-refractivity contribution in [2.75, 3.05) is 7.05 Å². The maximum absolute atomic E-state index is 4.01. The first kappa shape index (κ1) is 14.2. The molecule has 0 aromatic heterocycles. The van der Waals surface area contributed by atoms with Crippen LogP contribution in [0.1, 0.15) is 13.3 Å². The summed E-state index contributed by atoms with van der Waals surface area (Å²) in [6, 6.07) is 0. The van der Waals surface area contributed by atoms with Crippen LogP contribution in [0.3, 0.4) is 0 Å². The molecule has 0 saturated carbocycles. The summed E-state index contributed by atoms with van der Waals surface area (Å²) < 4.78 is 0. The van der Waals surface area contributed by atoms with Gasteiger partial charge in [-0.25, -0.2) is 0 Å². The Labute approximate surface area is 99.5 Å². The molecule has 0 aliphatic carbocycles. The number of nitrogens with zero attached hydrogens (tertiary/aromatic N) is 1. The van der Waals surface area contributed by atoms with E-state index < -0.39 is 0 Å². The summed E-state index contributed by atoms with van der Waals surface area (Å²) in [5, 5.41) is 0. The largest absolute Gasteiger partial charge is 0.345 e. The molecule has 0 aromatic carbocycles. The van der Waals surface area contributed by atoms with Crippen LogP contribution in [0.2, 0.25) is 0 Å². The summed E-state index contributed by atoms with van der Waals surface area (Å²) in [6.45, 7) is 17.5. The Balaban J connectivity index is 4.78. The van der Waals surface area contributed by atoms with Crippen LogP contribution in [0.5, 0.6) is 0 Å². The molecule has 0 fully saturated rings. The smallest absolute Gasteiger partial charge is 0.0402 e. The van der Waals surface area contributed by atoms with Crippen LogP contribution in [0.4, 0.5) is 0 Å². The first-order chi connectivity index (χ1) is 7.58. The molecule has 1 heteroatoms. The maximum Gasteiger partial charge on any atom is 0.0402 e. The molecule has 86 valence electrons. The van der Waals surface area contributed by atoms with Gasteiger partial charge >= 0.3 is 0 Å². The van der Waals surface area contributed by atoms with Crippen molar-refractivity contribution >= 4 is 0 Å². The van der Waals surface area contributed by atoms with Crippen LogP contribution in [0.15, 0.2) is 73.7 Å². The summed E-state index contributed by atoms with van der Waals surface area (Å²) in [5.41, 5.74) is 2.71. The van der Waals surface area contributed by atoms with Crippen molar-refractivity contribution < 1.29 is 0 Å². The lowest BCUT2D eigenvalue weighted by Gasteiger charge is -2.22. The molecule has 0 aliphatic rings. The second-order valence-corrected chi connectivity index (χ2v) is 3.37. The van der Waals surface area contributed by atoms with E-state index in [-0.39, 0.29) is 0 Å². The lowest BCUT2D eigenvalue weighted by Crippen LogP contribution is -2.15. The van der Waals surface area contributed by atoms with Crippen LogP contribution >= 0.6 is 0 Å². The SMILES string of the molecule is C=C/C=C(\C=C)N(C)C(=C)C(=C)/C=C\CC. The van der Waals surface area contributed by atoms with Crippen molar-refractivity contribution in [3.63, 3.8) is 0 Å². The van der Waals surface area contributed by atoms with Crippen LogP contribution in [-0.4, -0.2) is 11.9 Å². The second kappa shape index (κ2) is 7.52. The highest BCUT2D eigenvalue weighted by atomic mass is 15.1. The van der Waals surface area contributed by atoms with Gasteiger partial charge in [-0.2, -0.15) is 0 Å². The summed E-state index contributed by atoms with van der Waals surface area (Å²) in [6.07, 6.45) is 10.4. The van der Waals surface area contributed by atoms with Crippen molar-refractivity contribution in [2.45, 2.75) is 13.3 Å². The van der Waals surface area contributed by atoms with E-state index in [0.717, 1.165) is 23.4 Å². The molecule has 0 bridgehead atoms. The van der Waals surface area contributed by atoms with Gasteiger partial charge in [-0.1, -0.05) is 51.5 Å². The zero-order chi connectivity index (χ0) is 12.6. The minimum Gasteiger partial charge on any atom is -0.345 e. The van der Waals surface area contributed by atoms with Gasteiger partial charge in [0.25, 0.3) is 0 Å². The summed E-state index contributed by atoms with van der Waals surface area (Å²) >= 11 is 0. The van der Waals surface area contributed by atoms with E-state index >= 15 is 0 Å². The Bertz CT molecular complexity index is 342. The van der Waals surface area contributed by atoms with Gasteiger partial charge in [0.1, 0.15) is 0 Å². The molecule has 1 nitrogen and oxygen atoms in total. The standard InChI is InChI=1S/C15H21N/c1-7-10-12-13(4)14(5)16(6)15(9-3)11-8-2/h8-12H,2-5,7H2,1,6H3/b12-10-,15-11+. The Morgan fingerprint density at radius 1 is 1.25 bits per heavy atom. The van der Waals surface area contributed by atoms with Crippen LogP contribution in [-0.2, 0) is 0 Å². The molecule has 0 aromatic rings. The van der Waals surface area contributed by atoms with E-state index in [1.165, 1.54) is 0 Å². The average molecular weight is 215 g/mol. The topological polar surface area (TPSA) is 3.24 Å². The van der Waals surface area contributed by atoms with Crippen LogP contribution in [0, 0.1) is 0 Å². The van der Waals surface area contributed by atoms with Gasteiger partial charge in [0.15, 0.2) is 0 Å². The third kappa shape index (κ3) is 4.18. The molecule has 0 saturated heterocycles. The predicted octanol–water partition coefficient (Wildman–Crippen LogP) is 4.21. The molecule has 0 heterocycles. The van der Waals surface area contributed by atoms with E-state index in [4.69, 9.17) is 0 Å². The molecular formula is C15H21N. The zero-order valence-electron chi connectivity index (χ0n) is 10.4. The molecule has 16 heavy (non-hydrogen) atoms. The van der Waals surface area contributed by atoms with Crippen molar-refractivity contribution in [3.05, 3.63) is 73.7 Å². The number of rotatable bonds is 7. The first-order valence-electron chi connectivity index (χ1n) is 5.32. The summed E-state index contributed by atoms with van der Waals surface area (Å²) in [4.78, 5) is 1.94. The highest BCUT2D eigenvalue weighted by Crippen LogP contribution is 2.17. The Hall–Kier alpha value is -1.76. The van der Waals surface area contributed by atoms with E-state index in [1.807, 2.05) is 24.1 Å². The number of allylic oxidation sites excluding steroid dienone is 5. The zero-order valence-corrected chi connectivity index (χ0v) is 10.4. The third-order valence-electron chi connectivity index (χ3n) is 2.22. The lowest BCUT2D eigenvalue weighted by molar-refractivity contribution is 0.551. The molecule has 0 rings (SSSR count). The summed E-state index contributed by atoms with van der Waals surface area (Å²) in [7, 11) is 1.93. The van der Waals surface area contributed by atoms with Gasteiger partial charge in [0.05, 0.1) is 0 Å². The average Bonchev–Trinajstić information content (AvgIpc) is 2.31. The molecule has 0 atom stereocenters. The fourth-order valence-electron chi connectivity index (χ4n) is 1.17. The first-order valence-corrected chi connectivity index (χ1v) is 5.32. The molecule has 0 aliphatic heterocycles. The second-order valence-electron chi connectivity index (χ2n) is 3.37. The third-order valence-corrected chi connectivity index (χ3v) is 2.22. The minimum atomic E-state index is 0.859. The Morgan fingerprint density at radius 3 is 2.31 bits per heavy atom. The van der Waals surface area contributed by atoms with Crippen molar-refractivity contribution in [1.29, 1.82) is 0 Å². The van der Waals surface area contributed by atoms with Crippen LogP contribution in [0.25, 0.3) is 0 Å². The number of hydrogen-bond donors (Lipinski definition) is 0. The van der Waals surface area contributed by atoms with E-state index in [0.29, 0.717) is 0 Å². The van der Waals surface area contributed by atoms with Gasteiger partial charge in [0, 0.05) is 18.4 Å². The van der Waals surface area contributed by atoms with Crippen molar-refractivity contribution in [3.8, 4) is 0 Å². The Morgan fingerprint density at radius 2 is 1.88 bits per heavy atom. The van der Waals surface area contributed by atoms with E-state index in [2.05, 4.69) is 39.3 Å². The van der Waals surface area contributed by atoms with Gasteiger partial charge in [-0.3, -0.25) is 0 Å². The van der Waals surface area contributed by atoms with Crippen molar-refractivity contribution in [1.82, 2.24) is 4.90 Å². The fraction of sp³-hybridized carbons (Fsp3) is 0.200. The van der Waals surface area contributed by atoms with Gasteiger partial charge in [-0.15, -0.1) is 0 Å². The monoisotopic (exact) mass is 215 g/mol. The highest BCUT2D eigenvalue weighted by molar-refractivity contribution is 5.38. The quantitative estimate of drug-likeness (QED) is 0.575. The van der Waals surface area contributed by atoms with Gasteiger partial charge in [0.2, 0.25) is 0 Å². The highest BCUT2D eigenvalue weighted by Gasteiger charge is 2.05.